The highest BCUT2D eigenvalue weighted by Gasteiger charge is 2.70. The number of rotatable bonds is 2. The Labute approximate surface area is 157 Å². The zero-order valence-electron chi connectivity index (χ0n) is 16.2. The first-order valence-corrected chi connectivity index (χ1v) is 9.18. The van der Waals surface area contributed by atoms with Crippen molar-refractivity contribution in [3.8, 4) is 0 Å². The van der Waals surface area contributed by atoms with Crippen molar-refractivity contribution in [1.29, 1.82) is 0 Å². The van der Waals surface area contributed by atoms with Crippen molar-refractivity contribution in [3.63, 3.8) is 0 Å². The second-order valence-electron chi connectivity index (χ2n) is 8.32. The van der Waals surface area contributed by atoms with Gasteiger partial charge in [0.2, 0.25) is 5.78 Å². The quantitative estimate of drug-likeness (QED) is 0.739. The maximum Gasteiger partial charge on any atom is 0.414 e. The minimum atomic E-state index is -0.635. The van der Waals surface area contributed by atoms with Crippen LogP contribution in [0.4, 0.5) is 4.79 Å². The fourth-order valence-corrected chi connectivity index (χ4v) is 4.34. The van der Waals surface area contributed by atoms with E-state index in [0.29, 0.717) is 29.1 Å². The smallest absolute Gasteiger partial charge is 0.414 e. The number of furan rings is 1. The number of allylic oxidation sites excluding steroid dienone is 2. The molecule has 0 N–H and O–H groups in total. The molecule has 1 amide bonds. The van der Waals surface area contributed by atoms with Gasteiger partial charge in [0.25, 0.3) is 0 Å². The predicted molar refractivity (Wildman–Crippen MR) is 94.5 cm³/mol. The topological polar surface area (TPSA) is 86.1 Å². The lowest BCUT2D eigenvalue weighted by atomic mass is 9.83. The first-order chi connectivity index (χ1) is 12.6. The van der Waals surface area contributed by atoms with Gasteiger partial charge in [-0.3, -0.25) is 9.69 Å². The third kappa shape index (κ3) is 2.44. The number of hydrogen-bond acceptors (Lipinski definition) is 6. The number of likely N-dealkylation sites (tertiary alicyclic amines) is 1. The normalized spacial score (nSPS) is 25.4. The van der Waals surface area contributed by atoms with Crippen LogP contribution in [-0.4, -0.2) is 41.5 Å². The SMILES string of the molecule is CCOC(=O)c1c(C)oc2c1C13CC1CN(C(=O)OC(C)(C)C)C3=CC2=O. The molecular formula is C20H23NO6. The van der Waals surface area contributed by atoms with E-state index in [9.17, 15) is 14.4 Å². The van der Waals surface area contributed by atoms with E-state index in [1.807, 2.05) is 0 Å². The molecule has 7 nitrogen and oxygen atoms in total. The van der Waals surface area contributed by atoms with Crippen LogP contribution in [0.1, 0.15) is 66.4 Å². The predicted octanol–water partition coefficient (Wildman–Crippen LogP) is 3.35. The molecule has 1 aromatic heterocycles. The first-order valence-electron chi connectivity index (χ1n) is 9.18. The molecule has 1 saturated carbocycles. The Bertz CT molecular complexity index is 902. The Hall–Kier alpha value is -2.57. The van der Waals surface area contributed by atoms with Crippen LogP contribution in [0.15, 0.2) is 16.2 Å². The number of fused-ring (bicyclic) bond motifs is 1. The number of carbonyl (C=O) groups excluding carboxylic acids is 3. The summed E-state index contributed by atoms with van der Waals surface area (Å²) in [6.07, 6.45) is 1.75. The molecule has 4 rings (SSSR count). The summed E-state index contributed by atoms with van der Waals surface area (Å²) in [5, 5.41) is 0. The summed E-state index contributed by atoms with van der Waals surface area (Å²) < 4.78 is 16.3. The fraction of sp³-hybridized carbons (Fsp3) is 0.550. The van der Waals surface area contributed by atoms with E-state index >= 15 is 0 Å². The lowest BCUT2D eigenvalue weighted by Gasteiger charge is -2.30. The van der Waals surface area contributed by atoms with Gasteiger partial charge in [-0.1, -0.05) is 0 Å². The van der Waals surface area contributed by atoms with Crippen molar-refractivity contribution in [3.05, 3.63) is 34.4 Å². The highest BCUT2D eigenvalue weighted by atomic mass is 16.6. The summed E-state index contributed by atoms with van der Waals surface area (Å²) in [5.41, 5.74) is 0.325. The van der Waals surface area contributed by atoms with Gasteiger partial charge in [0.05, 0.1) is 6.61 Å². The van der Waals surface area contributed by atoms with E-state index in [2.05, 4.69) is 0 Å². The maximum atomic E-state index is 12.7. The Kier molecular flexibility index (Phi) is 3.61. The van der Waals surface area contributed by atoms with Crippen molar-refractivity contribution in [2.45, 2.75) is 52.1 Å². The van der Waals surface area contributed by atoms with Crippen LogP contribution in [0.3, 0.4) is 0 Å². The van der Waals surface area contributed by atoms with Crippen molar-refractivity contribution in [2.24, 2.45) is 5.92 Å². The third-order valence-electron chi connectivity index (χ3n) is 5.37. The van der Waals surface area contributed by atoms with E-state index in [4.69, 9.17) is 13.9 Å². The van der Waals surface area contributed by atoms with Crippen LogP contribution in [0.25, 0.3) is 0 Å². The molecule has 2 aliphatic carbocycles. The molecule has 0 aromatic carbocycles. The monoisotopic (exact) mass is 373 g/mol. The van der Waals surface area contributed by atoms with Crippen LogP contribution in [0, 0.1) is 12.8 Å². The number of aryl methyl sites for hydroxylation is 1. The van der Waals surface area contributed by atoms with E-state index in [0.717, 1.165) is 6.42 Å². The molecule has 144 valence electrons. The Morgan fingerprint density at radius 1 is 1.37 bits per heavy atom. The van der Waals surface area contributed by atoms with Gasteiger partial charge in [-0.05, 0) is 47.0 Å². The molecule has 1 saturated heterocycles. The molecule has 0 bridgehead atoms. The number of esters is 1. The third-order valence-corrected chi connectivity index (χ3v) is 5.37. The Morgan fingerprint density at radius 2 is 2.07 bits per heavy atom. The molecule has 1 aromatic rings. The summed E-state index contributed by atoms with van der Waals surface area (Å²) in [5.74, 6) is -0.145. The number of hydrogen-bond donors (Lipinski definition) is 0. The van der Waals surface area contributed by atoms with Gasteiger partial charge in [0, 0.05) is 29.3 Å². The maximum absolute atomic E-state index is 12.7. The molecule has 3 aliphatic rings. The molecule has 1 spiro atoms. The Morgan fingerprint density at radius 3 is 2.70 bits per heavy atom. The molecule has 27 heavy (non-hydrogen) atoms. The van der Waals surface area contributed by atoms with Crippen LogP contribution in [-0.2, 0) is 14.9 Å². The molecule has 1 aliphatic heterocycles. The van der Waals surface area contributed by atoms with Gasteiger partial charge in [-0.2, -0.15) is 0 Å². The standard InChI is InChI=1S/C20H23NO6/c1-6-25-17(23)14-10(2)26-16-12(22)7-13-20(15(14)16)8-11(20)9-21(13)18(24)27-19(3,4)5/h7,11H,6,8-9H2,1-5H3. The van der Waals surface area contributed by atoms with Crippen molar-refractivity contribution < 1.29 is 28.3 Å². The first kappa shape index (κ1) is 17.8. The average molecular weight is 373 g/mol. The van der Waals surface area contributed by atoms with Gasteiger partial charge in [-0.15, -0.1) is 0 Å². The van der Waals surface area contributed by atoms with Crippen LogP contribution < -0.4 is 0 Å². The molecule has 0 radical (unpaired) electrons. The number of nitrogens with zero attached hydrogens (tertiary/aromatic N) is 1. The molecule has 2 heterocycles. The summed E-state index contributed by atoms with van der Waals surface area (Å²) >= 11 is 0. The van der Waals surface area contributed by atoms with Gasteiger partial charge >= 0.3 is 12.1 Å². The van der Waals surface area contributed by atoms with Crippen LogP contribution >= 0.6 is 0 Å². The summed E-state index contributed by atoms with van der Waals surface area (Å²) in [4.78, 5) is 39.4. The number of piperidine rings is 1. The van der Waals surface area contributed by atoms with E-state index in [1.54, 1.807) is 34.6 Å². The van der Waals surface area contributed by atoms with E-state index in [-0.39, 0.29) is 24.1 Å². The van der Waals surface area contributed by atoms with Crippen molar-refractivity contribution >= 4 is 17.8 Å². The molecule has 2 atom stereocenters. The Balaban J connectivity index is 1.78. The molecule has 7 heteroatoms. The molecule has 2 unspecified atom stereocenters. The summed E-state index contributed by atoms with van der Waals surface area (Å²) in [7, 11) is 0. The van der Waals surface area contributed by atoms with E-state index in [1.165, 1.54) is 11.0 Å². The van der Waals surface area contributed by atoms with Gasteiger partial charge in [0.15, 0.2) is 5.76 Å². The largest absolute Gasteiger partial charge is 0.462 e. The summed E-state index contributed by atoms with van der Waals surface area (Å²) in [6, 6.07) is 0. The van der Waals surface area contributed by atoms with Crippen molar-refractivity contribution in [2.75, 3.05) is 13.2 Å². The van der Waals surface area contributed by atoms with Gasteiger partial charge in [0.1, 0.15) is 16.9 Å². The highest BCUT2D eigenvalue weighted by Crippen LogP contribution is 2.67. The van der Waals surface area contributed by atoms with Crippen LogP contribution in [0.5, 0.6) is 0 Å². The number of carbonyl (C=O) groups is 3. The second kappa shape index (κ2) is 5.47. The second-order valence-corrected chi connectivity index (χ2v) is 8.32. The molecule has 2 fully saturated rings. The minimum Gasteiger partial charge on any atom is -0.462 e. The fourth-order valence-electron chi connectivity index (χ4n) is 4.34. The summed E-state index contributed by atoms with van der Waals surface area (Å²) in [6.45, 7) is 9.48. The number of ether oxygens (including phenoxy) is 2. The van der Waals surface area contributed by atoms with Gasteiger partial charge in [-0.25, -0.2) is 9.59 Å². The molecular weight excluding hydrogens is 350 g/mol. The number of ketones is 1. The highest BCUT2D eigenvalue weighted by molar-refractivity contribution is 6.10. The lowest BCUT2D eigenvalue weighted by Crippen LogP contribution is -2.38. The number of amides is 1. The van der Waals surface area contributed by atoms with E-state index < -0.39 is 23.1 Å². The van der Waals surface area contributed by atoms with Crippen LogP contribution in [0.2, 0.25) is 0 Å². The average Bonchev–Trinajstić information content (AvgIpc) is 2.98. The van der Waals surface area contributed by atoms with Crippen molar-refractivity contribution in [1.82, 2.24) is 4.90 Å². The zero-order valence-corrected chi connectivity index (χ0v) is 16.2. The van der Waals surface area contributed by atoms with Gasteiger partial charge < -0.3 is 13.9 Å². The zero-order chi connectivity index (χ0) is 19.7. The lowest BCUT2D eigenvalue weighted by molar-refractivity contribution is 0.0322. The minimum absolute atomic E-state index is 0.133.